The van der Waals surface area contributed by atoms with E-state index in [9.17, 15) is 26.7 Å². The van der Waals surface area contributed by atoms with Crippen molar-refractivity contribution in [2.24, 2.45) is 17.8 Å². The van der Waals surface area contributed by atoms with Crippen molar-refractivity contribution >= 4 is 43.3 Å². The number of nitrogens with zero attached hydrogens (tertiary/aromatic N) is 2. The van der Waals surface area contributed by atoms with Crippen LogP contribution in [0.3, 0.4) is 0 Å². The van der Waals surface area contributed by atoms with Gasteiger partial charge in [-0.25, -0.2) is 16.8 Å². The van der Waals surface area contributed by atoms with Gasteiger partial charge in [0.25, 0.3) is 0 Å². The van der Waals surface area contributed by atoms with Gasteiger partial charge < -0.3 is 10.0 Å². The minimum atomic E-state index is -4.04. The first-order valence-electron chi connectivity index (χ1n) is 16.9. The van der Waals surface area contributed by atoms with E-state index in [1.165, 1.54) is 12.1 Å². The number of halogens is 1. The van der Waals surface area contributed by atoms with Gasteiger partial charge in [0, 0.05) is 26.2 Å². The molecule has 2 aliphatic heterocycles. The molecule has 1 unspecified atom stereocenters. The van der Waals surface area contributed by atoms with Gasteiger partial charge in [-0.15, -0.1) is 0 Å². The molecular formula is C35H52ClN3O6S2. The molecule has 2 N–H and O–H groups in total. The van der Waals surface area contributed by atoms with Crippen LogP contribution in [0.25, 0.3) is 0 Å². The molecule has 2 aromatic carbocycles. The Morgan fingerprint density at radius 1 is 0.894 bits per heavy atom. The fourth-order valence-corrected chi connectivity index (χ4v) is 9.77. The summed E-state index contributed by atoms with van der Waals surface area (Å²) in [5.41, 5.74) is 1.89. The van der Waals surface area contributed by atoms with Gasteiger partial charge in [-0.3, -0.25) is 4.79 Å². The Labute approximate surface area is 287 Å². The molecule has 2 aliphatic rings. The first-order valence-corrected chi connectivity index (χ1v) is 20.2. The largest absolute Gasteiger partial charge is 0.480 e. The number of sulfonamides is 2. The molecule has 0 aliphatic carbocycles. The third-order valence-corrected chi connectivity index (χ3v) is 13.3. The number of aliphatic carboxylic acids is 1. The van der Waals surface area contributed by atoms with E-state index in [-0.39, 0.29) is 22.6 Å². The maximum Gasteiger partial charge on any atom is 0.321 e. The number of hydrogen-bond donors (Lipinski definition) is 2. The Bertz CT molecular complexity index is 1570. The molecule has 0 amide bonds. The summed E-state index contributed by atoms with van der Waals surface area (Å²) in [5, 5.41) is 9.79. The average molecular weight is 710 g/mol. The highest BCUT2D eigenvalue weighted by molar-refractivity contribution is 7.89. The van der Waals surface area contributed by atoms with Gasteiger partial charge in [0.05, 0.1) is 20.5 Å². The molecule has 0 aromatic heterocycles. The highest BCUT2D eigenvalue weighted by Gasteiger charge is 2.31. The van der Waals surface area contributed by atoms with Gasteiger partial charge in [-0.1, -0.05) is 77.6 Å². The fraction of sp³-hybridized carbons (Fsp3) is 0.629. The lowest BCUT2D eigenvalue weighted by molar-refractivity contribution is -0.139. The van der Waals surface area contributed by atoms with Gasteiger partial charge in [0.15, 0.2) is 0 Å². The molecule has 0 saturated carbocycles. The maximum atomic E-state index is 13.2. The predicted octanol–water partition coefficient (Wildman–Crippen LogP) is 6.90. The van der Waals surface area contributed by atoms with E-state index in [0.717, 1.165) is 69.3 Å². The fourth-order valence-electron chi connectivity index (χ4n) is 6.71. The summed E-state index contributed by atoms with van der Waals surface area (Å²) in [7, 11) is -7.52. The monoisotopic (exact) mass is 709 g/mol. The minimum absolute atomic E-state index is 0.0139. The topological polar surface area (TPSA) is 124 Å². The van der Waals surface area contributed by atoms with E-state index in [1.54, 1.807) is 22.5 Å². The summed E-state index contributed by atoms with van der Waals surface area (Å²) in [6, 6.07) is 10.7. The van der Waals surface area contributed by atoms with Gasteiger partial charge in [0.1, 0.15) is 6.04 Å². The van der Waals surface area contributed by atoms with Crippen molar-refractivity contribution in [1.82, 2.24) is 9.03 Å². The average Bonchev–Trinajstić information content (AvgIpc) is 3.00. The third kappa shape index (κ3) is 9.94. The zero-order valence-electron chi connectivity index (χ0n) is 28.4. The van der Waals surface area contributed by atoms with Crippen LogP contribution in [-0.2, 0) is 30.3 Å². The number of piperidine rings is 2. The highest BCUT2D eigenvalue weighted by Crippen LogP contribution is 2.34. The second kappa shape index (κ2) is 15.6. The van der Waals surface area contributed by atoms with Crippen LogP contribution in [-0.4, -0.2) is 64.4 Å². The molecule has 1 atom stereocenters. The summed E-state index contributed by atoms with van der Waals surface area (Å²) in [5.74, 6) is -0.0365. The molecule has 47 heavy (non-hydrogen) atoms. The van der Waals surface area contributed by atoms with Gasteiger partial charge >= 0.3 is 5.97 Å². The van der Waals surface area contributed by atoms with Crippen molar-refractivity contribution < 1.29 is 26.7 Å². The zero-order chi connectivity index (χ0) is 34.6. The molecule has 0 spiro atoms. The maximum absolute atomic E-state index is 13.2. The number of nitrogens with one attached hydrogen (secondary N) is 1. The molecule has 0 radical (unpaired) electrons. The van der Waals surface area contributed by atoms with E-state index in [0.29, 0.717) is 34.8 Å². The molecule has 0 bridgehead atoms. The number of rotatable bonds is 13. The van der Waals surface area contributed by atoms with Gasteiger partial charge in [-0.2, -0.15) is 9.03 Å². The standard InChI is InChI=1S/C35H52ClN3O6S2/c1-25(2)23-32(34(40)41)37-46(42,43)30-13-14-33(31(36)24-30)38-19-15-26(16-20-38)7-6-8-27-17-21-39(22-18-27)47(44,45)29-11-9-28(10-12-29)35(3,4)5/h9-14,24-27,32,37H,6-8,15-23H2,1-5H3,(H,40,41). The Morgan fingerprint density at radius 3 is 1.91 bits per heavy atom. The molecular weight excluding hydrogens is 658 g/mol. The summed E-state index contributed by atoms with van der Waals surface area (Å²) < 4.78 is 56.3. The van der Waals surface area contributed by atoms with Crippen molar-refractivity contribution in [3.63, 3.8) is 0 Å². The van der Waals surface area contributed by atoms with Crippen molar-refractivity contribution in [3.05, 3.63) is 53.1 Å². The van der Waals surface area contributed by atoms with Crippen LogP contribution < -0.4 is 9.62 Å². The predicted molar refractivity (Wildman–Crippen MR) is 188 cm³/mol. The van der Waals surface area contributed by atoms with Crippen molar-refractivity contribution in [3.8, 4) is 0 Å². The molecule has 2 heterocycles. The van der Waals surface area contributed by atoms with Crippen molar-refractivity contribution in [2.45, 2.75) is 107 Å². The summed E-state index contributed by atoms with van der Waals surface area (Å²) >= 11 is 6.56. The van der Waals surface area contributed by atoms with Crippen LogP contribution in [0.2, 0.25) is 5.02 Å². The van der Waals surface area contributed by atoms with E-state index in [1.807, 2.05) is 26.0 Å². The van der Waals surface area contributed by atoms with Gasteiger partial charge in [0.2, 0.25) is 20.0 Å². The molecule has 262 valence electrons. The second-order valence-electron chi connectivity index (χ2n) is 14.7. The lowest BCUT2D eigenvalue weighted by Gasteiger charge is -2.35. The number of benzene rings is 2. The molecule has 2 aromatic rings. The van der Waals surface area contributed by atoms with Crippen LogP contribution in [0.4, 0.5) is 5.69 Å². The van der Waals surface area contributed by atoms with Crippen molar-refractivity contribution in [1.29, 1.82) is 0 Å². The normalized spacial score (nSPS) is 18.5. The lowest BCUT2D eigenvalue weighted by Crippen LogP contribution is -2.41. The minimum Gasteiger partial charge on any atom is -0.480 e. The number of hydrogen-bond acceptors (Lipinski definition) is 6. The van der Waals surface area contributed by atoms with Crippen LogP contribution in [0.1, 0.15) is 91.5 Å². The Morgan fingerprint density at radius 2 is 1.43 bits per heavy atom. The van der Waals surface area contributed by atoms with E-state index in [2.05, 4.69) is 30.4 Å². The number of carbonyl (C=O) groups is 1. The SMILES string of the molecule is CC(C)CC(NS(=O)(=O)c1ccc(N2CCC(CCCC3CCN(S(=O)(=O)c4ccc(C(C)(C)C)cc4)CC3)CC2)c(Cl)c1)C(=O)O. The first kappa shape index (κ1) is 37.6. The Kier molecular flexibility index (Phi) is 12.5. The smallest absolute Gasteiger partial charge is 0.321 e. The Balaban J connectivity index is 1.21. The quantitative estimate of drug-likeness (QED) is 0.232. The number of anilines is 1. The van der Waals surface area contributed by atoms with Crippen LogP contribution in [0.15, 0.2) is 52.3 Å². The third-order valence-electron chi connectivity index (χ3n) is 9.64. The first-order chi connectivity index (χ1) is 22.0. The molecule has 9 nitrogen and oxygen atoms in total. The number of carboxylic acid groups (broad SMARTS) is 1. The second-order valence-corrected chi connectivity index (χ2v) is 18.8. The summed E-state index contributed by atoms with van der Waals surface area (Å²) in [4.78, 5) is 14.1. The molecule has 4 rings (SSSR count). The van der Waals surface area contributed by atoms with E-state index < -0.39 is 32.1 Å². The molecule has 12 heteroatoms. The zero-order valence-corrected chi connectivity index (χ0v) is 30.8. The number of carboxylic acids is 1. The molecule has 2 saturated heterocycles. The van der Waals surface area contributed by atoms with Gasteiger partial charge in [-0.05, 0) is 91.2 Å². The lowest BCUT2D eigenvalue weighted by atomic mass is 9.87. The summed E-state index contributed by atoms with van der Waals surface area (Å²) in [6.07, 6.45) is 7.42. The van der Waals surface area contributed by atoms with Crippen LogP contribution in [0.5, 0.6) is 0 Å². The van der Waals surface area contributed by atoms with Crippen molar-refractivity contribution in [2.75, 3.05) is 31.1 Å². The van der Waals surface area contributed by atoms with E-state index in [4.69, 9.17) is 11.6 Å². The summed E-state index contributed by atoms with van der Waals surface area (Å²) in [6.45, 7) is 12.8. The van der Waals surface area contributed by atoms with Crippen LogP contribution in [0, 0.1) is 17.8 Å². The Hall–Kier alpha value is -2.18. The highest BCUT2D eigenvalue weighted by atomic mass is 35.5. The van der Waals surface area contributed by atoms with Crippen LogP contribution >= 0.6 is 11.6 Å². The van der Waals surface area contributed by atoms with E-state index >= 15 is 0 Å². The molecule has 2 fully saturated rings.